The van der Waals surface area contributed by atoms with Crippen LogP contribution in [0.15, 0.2) is 59.5 Å². The molecule has 224 valence electrons. The number of nitrogens with one attached hydrogen (secondary N) is 1. The minimum atomic E-state index is -3.80. The number of aromatic nitrogens is 2. The van der Waals surface area contributed by atoms with Gasteiger partial charge in [-0.05, 0) is 93.6 Å². The minimum absolute atomic E-state index is 0.128. The first-order chi connectivity index (χ1) is 20.7. The molecule has 0 unspecified atom stereocenters. The number of fused-ring (bicyclic) bond motifs is 2. The van der Waals surface area contributed by atoms with Gasteiger partial charge in [-0.2, -0.15) is 5.10 Å². The van der Waals surface area contributed by atoms with E-state index < -0.39 is 15.9 Å². The second-order valence-electron chi connectivity index (χ2n) is 11.2. The van der Waals surface area contributed by atoms with E-state index in [0.717, 1.165) is 66.3 Å². The zero-order valence-corrected chi connectivity index (χ0v) is 26.2. The van der Waals surface area contributed by atoms with Gasteiger partial charge >= 0.3 is 0 Å². The second-order valence-corrected chi connectivity index (χ2v) is 14.1. The summed E-state index contributed by atoms with van der Waals surface area (Å²) in [5.41, 5.74) is 4.95. The van der Waals surface area contributed by atoms with E-state index in [0.29, 0.717) is 34.8 Å². The molecule has 0 saturated carbocycles. The Bertz CT molecular complexity index is 1810. The lowest BCUT2D eigenvalue weighted by atomic mass is 10.0. The van der Waals surface area contributed by atoms with Crippen molar-refractivity contribution in [1.82, 2.24) is 14.7 Å². The Morgan fingerprint density at radius 3 is 2.51 bits per heavy atom. The van der Waals surface area contributed by atoms with Gasteiger partial charge in [-0.3, -0.25) is 18.8 Å². The maximum Gasteiger partial charge on any atom is 0.281 e. The van der Waals surface area contributed by atoms with Crippen molar-refractivity contribution < 1.29 is 18.0 Å². The highest BCUT2D eigenvalue weighted by molar-refractivity contribution is 7.92. The molecule has 0 saturated heterocycles. The van der Waals surface area contributed by atoms with Crippen molar-refractivity contribution in [2.24, 2.45) is 0 Å². The van der Waals surface area contributed by atoms with Gasteiger partial charge in [0.2, 0.25) is 0 Å². The van der Waals surface area contributed by atoms with Gasteiger partial charge in [-0.15, -0.1) is 11.3 Å². The number of anilines is 2. The van der Waals surface area contributed by atoms with Gasteiger partial charge in [0.05, 0.1) is 21.8 Å². The molecule has 0 atom stereocenters. The summed E-state index contributed by atoms with van der Waals surface area (Å²) in [7, 11) is -3.80. The molecule has 6 rings (SSSR count). The van der Waals surface area contributed by atoms with Gasteiger partial charge in [-0.1, -0.05) is 25.1 Å². The first kappa shape index (κ1) is 29.3. The van der Waals surface area contributed by atoms with Crippen molar-refractivity contribution in [3.8, 4) is 0 Å². The van der Waals surface area contributed by atoms with Gasteiger partial charge in [0, 0.05) is 35.8 Å². The van der Waals surface area contributed by atoms with Gasteiger partial charge in [-0.25, -0.2) is 13.1 Å². The van der Waals surface area contributed by atoms with E-state index in [1.165, 1.54) is 44.6 Å². The van der Waals surface area contributed by atoms with Crippen LogP contribution in [0.3, 0.4) is 0 Å². The summed E-state index contributed by atoms with van der Waals surface area (Å²) < 4.78 is 30.0. The SMILES string of the molecule is CCCN1CCc2c(sc(NC(=O)c3ccc(S(=O)(=O)N4CCCc5ccccc54)cc3)c2C(=O)n2nc(C)cc2C)C1. The van der Waals surface area contributed by atoms with Crippen LogP contribution in [0.2, 0.25) is 0 Å². The van der Waals surface area contributed by atoms with Gasteiger partial charge in [0.25, 0.3) is 21.8 Å². The summed E-state index contributed by atoms with van der Waals surface area (Å²) in [6.45, 7) is 8.79. The first-order valence-electron chi connectivity index (χ1n) is 14.6. The van der Waals surface area contributed by atoms with Crippen molar-refractivity contribution in [2.75, 3.05) is 29.3 Å². The molecule has 0 radical (unpaired) electrons. The Labute approximate surface area is 256 Å². The highest BCUT2D eigenvalue weighted by atomic mass is 32.2. The molecule has 4 aromatic rings. The van der Waals surface area contributed by atoms with Crippen LogP contribution in [0, 0.1) is 13.8 Å². The average molecular weight is 618 g/mol. The first-order valence-corrected chi connectivity index (χ1v) is 16.9. The number of benzene rings is 2. The third-order valence-electron chi connectivity index (χ3n) is 8.09. The number of hydrogen-bond donors (Lipinski definition) is 1. The minimum Gasteiger partial charge on any atom is -0.313 e. The van der Waals surface area contributed by atoms with E-state index in [1.807, 2.05) is 44.2 Å². The van der Waals surface area contributed by atoms with E-state index in [9.17, 15) is 18.0 Å². The van der Waals surface area contributed by atoms with Crippen molar-refractivity contribution in [2.45, 2.75) is 57.9 Å². The van der Waals surface area contributed by atoms with Crippen LogP contribution in [0.25, 0.3) is 0 Å². The highest BCUT2D eigenvalue weighted by Crippen LogP contribution is 2.38. The van der Waals surface area contributed by atoms with Crippen LogP contribution in [0.5, 0.6) is 0 Å². The topological polar surface area (TPSA) is 105 Å². The van der Waals surface area contributed by atoms with Crippen molar-refractivity contribution >= 4 is 43.9 Å². The number of amides is 1. The molecule has 2 aromatic carbocycles. The number of carbonyl (C=O) groups is 2. The van der Waals surface area contributed by atoms with E-state index in [4.69, 9.17) is 0 Å². The van der Waals surface area contributed by atoms with Crippen LogP contribution >= 0.6 is 11.3 Å². The molecule has 0 aliphatic carbocycles. The fourth-order valence-electron chi connectivity index (χ4n) is 6.05. The molecule has 2 aromatic heterocycles. The lowest BCUT2D eigenvalue weighted by Gasteiger charge is -2.30. The molecule has 2 aliphatic rings. The maximum atomic E-state index is 13.8. The predicted octanol–water partition coefficient (Wildman–Crippen LogP) is 5.41. The van der Waals surface area contributed by atoms with Crippen molar-refractivity contribution in [3.63, 3.8) is 0 Å². The number of thiophene rings is 1. The number of hydrogen-bond acceptors (Lipinski definition) is 7. The molecule has 0 bridgehead atoms. The Kier molecular flexibility index (Phi) is 7.97. The second kappa shape index (κ2) is 11.7. The molecule has 9 nitrogen and oxygen atoms in total. The number of sulfonamides is 1. The largest absolute Gasteiger partial charge is 0.313 e. The Morgan fingerprint density at radius 2 is 1.79 bits per heavy atom. The molecule has 1 amide bonds. The fraction of sp³-hybridized carbons (Fsp3) is 0.344. The molecule has 0 fully saturated rings. The van der Waals surface area contributed by atoms with Crippen LogP contribution < -0.4 is 9.62 Å². The third kappa shape index (κ3) is 5.52. The average Bonchev–Trinajstić information content (AvgIpc) is 3.54. The number of para-hydroxylation sites is 1. The van der Waals surface area contributed by atoms with E-state index in [2.05, 4.69) is 22.2 Å². The zero-order valence-electron chi connectivity index (χ0n) is 24.6. The Morgan fingerprint density at radius 1 is 1.02 bits per heavy atom. The lowest BCUT2D eigenvalue weighted by Crippen LogP contribution is -2.35. The Balaban J connectivity index is 1.28. The van der Waals surface area contributed by atoms with E-state index in [1.54, 1.807) is 0 Å². The predicted molar refractivity (Wildman–Crippen MR) is 169 cm³/mol. The molecule has 4 heterocycles. The normalized spacial score (nSPS) is 15.2. The third-order valence-corrected chi connectivity index (χ3v) is 11.1. The lowest BCUT2D eigenvalue weighted by molar-refractivity contribution is 0.0942. The van der Waals surface area contributed by atoms with Gasteiger partial charge in [0.15, 0.2) is 0 Å². The van der Waals surface area contributed by atoms with Crippen LogP contribution in [0.4, 0.5) is 10.7 Å². The molecular weight excluding hydrogens is 583 g/mol. The summed E-state index contributed by atoms with van der Waals surface area (Å²) >= 11 is 1.43. The van der Waals surface area contributed by atoms with Gasteiger partial charge in [0.1, 0.15) is 5.00 Å². The van der Waals surface area contributed by atoms with Crippen LogP contribution in [0.1, 0.15) is 67.9 Å². The summed E-state index contributed by atoms with van der Waals surface area (Å²) in [6, 6.07) is 15.4. The molecule has 11 heteroatoms. The van der Waals surface area contributed by atoms with Gasteiger partial charge < -0.3 is 5.32 Å². The monoisotopic (exact) mass is 617 g/mol. The summed E-state index contributed by atoms with van der Waals surface area (Å²) in [4.78, 5) is 30.9. The quantitative estimate of drug-likeness (QED) is 0.297. The van der Waals surface area contributed by atoms with Crippen LogP contribution in [-0.4, -0.2) is 54.5 Å². The zero-order chi connectivity index (χ0) is 30.3. The molecule has 0 spiro atoms. The van der Waals surface area contributed by atoms with E-state index in [-0.39, 0.29) is 10.8 Å². The molecular formula is C32H35N5O4S2. The smallest absolute Gasteiger partial charge is 0.281 e. The number of aryl methyl sites for hydroxylation is 3. The number of rotatable bonds is 7. The highest BCUT2D eigenvalue weighted by Gasteiger charge is 2.31. The fourth-order valence-corrected chi connectivity index (χ4v) is 8.87. The van der Waals surface area contributed by atoms with Crippen molar-refractivity contribution in [1.29, 1.82) is 0 Å². The standard InChI is InChI=1S/C32H35N5O4S2/c1-4-16-35-18-15-26-28(20-35)42-31(29(26)32(39)37-22(3)19-21(2)34-37)33-30(38)24-11-13-25(14-12-24)43(40,41)36-17-7-9-23-8-5-6-10-27(23)36/h5-6,8,10-14,19H,4,7,9,15-18,20H2,1-3H3,(H,33,38). The van der Waals surface area contributed by atoms with Crippen LogP contribution in [-0.2, 0) is 29.4 Å². The van der Waals surface area contributed by atoms with Crippen molar-refractivity contribution in [3.05, 3.63) is 93.1 Å². The number of nitrogens with zero attached hydrogens (tertiary/aromatic N) is 4. The van der Waals surface area contributed by atoms with E-state index >= 15 is 0 Å². The number of carbonyl (C=O) groups excluding carboxylic acids is 2. The molecule has 43 heavy (non-hydrogen) atoms. The Hall–Kier alpha value is -3.80. The summed E-state index contributed by atoms with van der Waals surface area (Å²) in [5.74, 6) is -0.663. The summed E-state index contributed by atoms with van der Waals surface area (Å²) in [5, 5.41) is 7.89. The molecule has 2 aliphatic heterocycles. The summed E-state index contributed by atoms with van der Waals surface area (Å²) in [6.07, 6.45) is 3.34. The maximum absolute atomic E-state index is 13.8. The molecule has 1 N–H and O–H groups in total.